The van der Waals surface area contributed by atoms with Crippen LogP contribution in [-0.4, -0.2) is 43.2 Å². The van der Waals surface area contributed by atoms with Gasteiger partial charge in [-0.2, -0.15) is 0 Å². The molecule has 1 amide bonds. The molecule has 158 valence electrons. The number of carbonyl (C=O) groups is 1. The summed E-state index contributed by atoms with van der Waals surface area (Å²) in [7, 11) is 3.16. The maximum Gasteiger partial charge on any atom is 0.266 e. The largest absolute Gasteiger partial charge is 0.497 e. The Hall–Kier alpha value is -2.87. The van der Waals surface area contributed by atoms with Crippen molar-refractivity contribution in [3.63, 3.8) is 0 Å². The normalized spacial score (nSPS) is 14.1. The van der Waals surface area contributed by atoms with Gasteiger partial charge in [0.05, 0.1) is 30.2 Å². The van der Waals surface area contributed by atoms with Crippen LogP contribution in [-0.2, 0) is 0 Å². The summed E-state index contributed by atoms with van der Waals surface area (Å²) in [6.07, 6.45) is 3.58. The first kappa shape index (κ1) is 20.4. The van der Waals surface area contributed by atoms with Gasteiger partial charge in [0.2, 0.25) is 0 Å². The molecule has 0 bridgehead atoms. The lowest BCUT2D eigenvalue weighted by atomic mass is 10.1. The number of nitrogens with zero attached hydrogens (tertiary/aromatic N) is 3. The molecule has 0 spiro atoms. The van der Waals surface area contributed by atoms with Gasteiger partial charge in [0, 0.05) is 19.2 Å². The monoisotopic (exact) mass is 426 g/mol. The minimum absolute atomic E-state index is 0.179. The predicted molar refractivity (Wildman–Crippen MR) is 120 cm³/mol. The third-order valence-electron chi connectivity index (χ3n) is 5.40. The fourth-order valence-corrected chi connectivity index (χ4v) is 4.97. The number of ether oxygens (including phenoxy) is 2. The smallest absolute Gasteiger partial charge is 0.266 e. The first-order valence-electron chi connectivity index (χ1n) is 10.1. The van der Waals surface area contributed by atoms with Crippen molar-refractivity contribution < 1.29 is 14.3 Å². The van der Waals surface area contributed by atoms with Crippen LogP contribution < -0.4 is 19.7 Å². The molecule has 7 nitrogen and oxygen atoms in total. The van der Waals surface area contributed by atoms with Gasteiger partial charge < -0.3 is 19.7 Å². The summed E-state index contributed by atoms with van der Waals surface area (Å²) in [5, 5.41) is 3.96. The highest BCUT2D eigenvalue weighted by molar-refractivity contribution is 7.20. The second-order valence-corrected chi connectivity index (χ2v) is 8.40. The summed E-state index contributed by atoms with van der Waals surface area (Å²) < 4.78 is 10.6. The number of nitrogens with one attached hydrogen (secondary N) is 1. The van der Waals surface area contributed by atoms with Crippen molar-refractivity contribution in [1.29, 1.82) is 0 Å². The third-order valence-corrected chi connectivity index (χ3v) is 6.59. The molecular weight excluding hydrogens is 400 g/mol. The standard InChI is InChI=1S/C22H26N4O3S/c1-13-18-20(26-10-6-5-7-11-26)23-14(2)24-22(18)30-19(13)21(27)25-16-9-8-15(28-3)12-17(16)29-4/h8-9,12H,5-7,10-11H2,1-4H3,(H,25,27). The number of hydrogen-bond donors (Lipinski definition) is 1. The molecule has 1 fully saturated rings. The van der Waals surface area contributed by atoms with Crippen LogP contribution in [0.4, 0.5) is 11.5 Å². The molecule has 1 aliphatic heterocycles. The van der Waals surface area contributed by atoms with Gasteiger partial charge in [0.25, 0.3) is 5.91 Å². The second kappa shape index (κ2) is 8.47. The lowest BCUT2D eigenvalue weighted by Crippen LogP contribution is -2.30. The average Bonchev–Trinajstić information content (AvgIpc) is 3.10. The zero-order valence-corrected chi connectivity index (χ0v) is 18.6. The number of amides is 1. The van der Waals surface area contributed by atoms with Crippen molar-refractivity contribution in [2.45, 2.75) is 33.1 Å². The molecule has 0 atom stereocenters. The van der Waals surface area contributed by atoms with Gasteiger partial charge in [-0.25, -0.2) is 9.97 Å². The van der Waals surface area contributed by atoms with Crippen LogP contribution in [0.3, 0.4) is 0 Å². The number of carbonyl (C=O) groups excluding carboxylic acids is 1. The van der Waals surface area contributed by atoms with E-state index in [9.17, 15) is 4.79 Å². The molecule has 4 rings (SSSR count). The Morgan fingerprint density at radius 2 is 1.87 bits per heavy atom. The van der Waals surface area contributed by atoms with E-state index in [0.29, 0.717) is 22.1 Å². The molecule has 1 aromatic carbocycles. The third kappa shape index (κ3) is 3.79. The SMILES string of the molecule is COc1ccc(NC(=O)c2sc3nc(C)nc(N4CCCCC4)c3c2C)c(OC)c1. The molecule has 0 unspecified atom stereocenters. The van der Waals surface area contributed by atoms with E-state index >= 15 is 0 Å². The van der Waals surface area contributed by atoms with Crippen molar-refractivity contribution in [3.05, 3.63) is 34.5 Å². The Kier molecular flexibility index (Phi) is 5.76. The van der Waals surface area contributed by atoms with Gasteiger partial charge in [-0.1, -0.05) is 0 Å². The molecule has 1 aliphatic rings. The number of fused-ring (bicyclic) bond motifs is 1. The van der Waals surface area contributed by atoms with E-state index in [1.807, 2.05) is 13.8 Å². The number of aryl methyl sites for hydroxylation is 2. The Bertz CT molecular complexity index is 1090. The molecule has 2 aromatic heterocycles. The van der Waals surface area contributed by atoms with Crippen LogP contribution in [0.2, 0.25) is 0 Å². The van der Waals surface area contributed by atoms with Crippen molar-refractivity contribution in [1.82, 2.24) is 9.97 Å². The van der Waals surface area contributed by atoms with Gasteiger partial charge in [-0.05, 0) is 50.8 Å². The molecule has 1 N–H and O–H groups in total. The van der Waals surface area contributed by atoms with Gasteiger partial charge in [0.15, 0.2) is 0 Å². The van der Waals surface area contributed by atoms with Crippen LogP contribution >= 0.6 is 11.3 Å². The fraction of sp³-hybridized carbons (Fsp3) is 0.409. The fourth-order valence-electron chi connectivity index (χ4n) is 3.85. The molecule has 0 saturated carbocycles. The maximum atomic E-state index is 13.2. The summed E-state index contributed by atoms with van der Waals surface area (Å²) in [6.45, 7) is 5.87. The van der Waals surface area contributed by atoms with E-state index in [-0.39, 0.29) is 5.91 Å². The summed E-state index contributed by atoms with van der Waals surface area (Å²) in [5.74, 6) is 2.72. The van der Waals surface area contributed by atoms with Crippen molar-refractivity contribution in [2.24, 2.45) is 0 Å². The number of anilines is 2. The second-order valence-electron chi connectivity index (χ2n) is 7.40. The number of aromatic nitrogens is 2. The molecule has 0 radical (unpaired) electrons. The lowest BCUT2D eigenvalue weighted by molar-refractivity contribution is 0.102. The van der Waals surface area contributed by atoms with Crippen LogP contribution in [0, 0.1) is 13.8 Å². The Morgan fingerprint density at radius 1 is 1.10 bits per heavy atom. The van der Waals surface area contributed by atoms with E-state index in [2.05, 4.69) is 15.2 Å². The van der Waals surface area contributed by atoms with Crippen molar-refractivity contribution in [3.8, 4) is 11.5 Å². The summed E-state index contributed by atoms with van der Waals surface area (Å²) >= 11 is 1.41. The number of hydrogen-bond acceptors (Lipinski definition) is 7. The molecule has 3 heterocycles. The number of piperidine rings is 1. The van der Waals surface area contributed by atoms with Gasteiger partial charge in [-0.3, -0.25) is 4.79 Å². The quantitative estimate of drug-likeness (QED) is 0.644. The molecule has 0 aliphatic carbocycles. The summed E-state index contributed by atoms with van der Waals surface area (Å²) in [6, 6.07) is 5.32. The Morgan fingerprint density at radius 3 is 2.57 bits per heavy atom. The minimum Gasteiger partial charge on any atom is -0.497 e. The highest BCUT2D eigenvalue weighted by atomic mass is 32.1. The number of benzene rings is 1. The zero-order chi connectivity index (χ0) is 21.3. The highest BCUT2D eigenvalue weighted by Crippen LogP contribution is 2.37. The average molecular weight is 427 g/mol. The minimum atomic E-state index is -0.179. The first-order chi connectivity index (χ1) is 14.5. The van der Waals surface area contributed by atoms with Crippen LogP contribution in [0.15, 0.2) is 18.2 Å². The first-order valence-corrected chi connectivity index (χ1v) is 10.9. The van der Waals surface area contributed by atoms with E-state index in [1.165, 1.54) is 30.6 Å². The zero-order valence-electron chi connectivity index (χ0n) is 17.7. The van der Waals surface area contributed by atoms with E-state index in [4.69, 9.17) is 14.5 Å². The Labute approximate surface area is 180 Å². The van der Waals surface area contributed by atoms with E-state index in [1.54, 1.807) is 32.4 Å². The molecule has 8 heteroatoms. The summed E-state index contributed by atoms with van der Waals surface area (Å²) in [4.78, 5) is 26.3. The number of methoxy groups -OCH3 is 2. The molecule has 1 saturated heterocycles. The number of thiophene rings is 1. The van der Waals surface area contributed by atoms with Crippen LogP contribution in [0.1, 0.15) is 40.3 Å². The van der Waals surface area contributed by atoms with Gasteiger partial charge in [0.1, 0.15) is 28.0 Å². The van der Waals surface area contributed by atoms with E-state index in [0.717, 1.165) is 40.5 Å². The summed E-state index contributed by atoms with van der Waals surface area (Å²) in [5.41, 5.74) is 1.51. The van der Waals surface area contributed by atoms with Gasteiger partial charge in [-0.15, -0.1) is 11.3 Å². The van der Waals surface area contributed by atoms with Gasteiger partial charge >= 0.3 is 0 Å². The topological polar surface area (TPSA) is 76.6 Å². The van der Waals surface area contributed by atoms with Crippen LogP contribution in [0.25, 0.3) is 10.2 Å². The Balaban J connectivity index is 1.71. The lowest BCUT2D eigenvalue weighted by Gasteiger charge is -2.28. The number of rotatable bonds is 5. The van der Waals surface area contributed by atoms with Crippen LogP contribution in [0.5, 0.6) is 11.5 Å². The molecule has 30 heavy (non-hydrogen) atoms. The highest BCUT2D eigenvalue weighted by Gasteiger charge is 2.24. The van der Waals surface area contributed by atoms with Crippen molar-refractivity contribution >= 4 is 39.0 Å². The maximum absolute atomic E-state index is 13.2. The predicted octanol–water partition coefficient (Wildman–Crippen LogP) is 4.57. The molecular formula is C22H26N4O3S. The van der Waals surface area contributed by atoms with E-state index < -0.39 is 0 Å². The molecule has 3 aromatic rings. The van der Waals surface area contributed by atoms with Crippen molar-refractivity contribution in [2.75, 3.05) is 37.5 Å².